The van der Waals surface area contributed by atoms with Crippen molar-refractivity contribution >= 4 is 11.3 Å². The Morgan fingerprint density at radius 1 is 1.55 bits per heavy atom. The molecule has 5 heteroatoms. The third kappa shape index (κ3) is 2.36. The van der Waals surface area contributed by atoms with Crippen molar-refractivity contribution in [3.63, 3.8) is 0 Å². The highest BCUT2D eigenvalue weighted by atomic mass is 32.1. The van der Waals surface area contributed by atoms with Gasteiger partial charge in [-0.1, -0.05) is 0 Å². The minimum atomic E-state index is 0.467. The van der Waals surface area contributed by atoms with Gasteiger partial charge in [-0.2, -0.15) is 5.10 Å². The van der Waals surface area contributed by atoms with Gasteiger partial charge < -0.3 is 10.1 Å². The number of hydrogen-bond acceptors (Lipinski definition) is 4. The van der Waals surface area contributed by atoms with E-state index in [4.69, 9.17) is 4.74 Å². The topological polar surface area (TPSA) is 39.1 Å². The maximum absolute atomic E-state index is 5.45. The number of aromatic nitrogens is 2. The summed E-state index contributed by atoms with van der Waals surface area (Å²) in [6.45, 7) is 2.85. The number of aryl methyl sites for hydroxylation is 3. The van der Waals surface area contributed by atoms with Crippen LogP contribution in [0.4, 0.5) is 0 Å². The van der Waals surface area contributed by atoms with Crippen LogP contribution in [0.2, 0.25) is 0 Å². The van der Waals surface area contributed by atoms with E-state index < -0.39 is 0 Å². The van der Waals surface area contributed by atoms with Crippen LogP contribution in [0.15, 0.2) is 11.4 Å². The van der Waals surface area contributed by atoms with Crippen molar-refractivity contribution in [2.75, 3.05) is 7.11 Å². The molecule has 0 radical (unpaired) electrons. The van der Waals surface area contributed by atoms with Crippen molar-refractivity contribution in [1.29, 1.82) is 0 Å². The van der Waals surface area contributed by atoms with E-state index in [0.29, 0.717) is 6.04 Å². The van der Waals surface area contributed by atoms with Crippen molar-refractivity contribution in [3.05, 3.63) is 33.1 Å². The molecule has 0 saturated carbocycles. The number of nitrogens with zero attached hydrogens (tertiary/aromatic N) is 2. The molecule has 0 bridgehead atoms. The number of methoxy groups -OCH3 is 1. The molecule has 0 saturated heterocycles. The molecule has 2 aromatic rings. The van der Waals surface area contributed by atoms with E-state index in [1.54, 1.807) is 12.0 Å². The van der Waals surface area contributed by atoms with Crippen LogP contribution in [0.25, 0.3) is 0 Å². The third-order valence-electron chi connectivity index (χ3n) is 4.06. The molecular weight excluding hydrogens is 270 g/mol. The number of ether oxygens (including phenoxy) is 1. The second-order valence-corrected chi connectivity index (χ2v) is 6.32. The third-order valence-corrected chi connectivity index (χ3v) is 5.06. The number of hydrogen-bond donors (Lipinski definition) is 1. The number of rotatable bonds is 4. The van der Waals surface area contributed by atoms with Gasteiger partial charge in [-0.25, -0.2) is 4.68 Å². The van der Waals surface area contributed by atoms with Crippen molar-refractivity contribution in [2.45, 2.75) is 38.8 Å². The highest BCUT2D eigenvalue weighted by molar-refractivity contribution is 7.10. The molecule has 0 amide bonds. The van der Waals surface area contributed by atoms with Gasteiger partial charge in [0.05, 0.1) is 18.4 Å². The normalized spacial score (nSPS) is 18.1. The summed E-state index contributed by atoms with van der Waals surface area (Å²) in [4.78, 5) is 1.55. The van der Waals surface area contributed by atoms with Crippen LogP contribution in [0.3, 0.4) is 0 Å². The SMILES string of the molecule is COc1c(CNC2CCCc3sccc32)c(C)nn1C. The van der Waals surface area contributed by atoms with E-state index in [-0.39, 0.29) is 0 Å². The summed E-state index contributed by atoms with van der Waals surface area (Å²) in [7, 11) is 3.63. The molecular formula is C15H21N3OS. The van der Waals surface area contributed by atoms with Gasteiger partial charge in [0.1, 0.15) is 0 Å². The Kier molecular flexibility index (Phi) is 3.81. The Morgan fingerprint density at radius 3 is 3.20 bits per heavy atom. The van der Waals surface area contributed by atoms with Gasteiger partial charge in [0.2, 0.25) is 5.88 Å². The van der Waals surface area contributed by atoms with Gasteiger partial charge in [-0.3, -0.25) is 0 Å². The lowest BCUT2D eigenvalue weighted by molar-refractivity contribution is 0.365. The summed E-state index contributed by atoms with van der Waals surface area (Å²) < 4.78 is 7.26. The molecule has 1 atom stereocenters. The maximum atomic E-state index is 5.45. The highest BCUT2D eigenvalue weighted by Gasteiger charge is 2.22. The van der Waals surface area contributed by atoms with Gasteiger partial charge in [0, 0.05) is 24.5 Å². The van der Waals surface area contributed by atoms with Crippen LogP contribution in [0.1, 0.15) is 40.6 Å². The summed E-state index contributed by atoms with van der Waals surface area (Å²) in [6, 6.07) is 2.73. The summed E-state index contributed by atoms with van der Waals surface area (Å²) in [5.74, 6) is 0.858. The lowest BCUT2D eigenvalue weighted by atomic mass is 9.94. The summed E-state index contributed by atoms with van der Waals surface area (Å²) >= 11 is 1.88. The predicted octanol–water partition coefficient (Wildman–Crippen LogP) is 2.97. The van der Waals surface area contributed by atoms with E-state index in [1.165, 1.54) is 24.8 Å². The quantitative estimate of drug-likeness (QED) is 0.941. The molecule has 4 nitrogen and oxygen atoms in total. The smallest absolute Gasteiger partial charge is 0.216 e. The Hall–Kier alpha value is -1.33. The van der Waals surface area contributed by atoms with Crippen LogP contribution >= 0.6 is 11.3 Å². The molecule has 20 heavy (non-hydrogen) atoms. The first-order chi connectivity index (χ1) is 9.70. The van der Waals surface area contributed by atoms with Crippen LogP contribution in [0, 0.1) is 6.92 Å². The molecule has 2 heterocycles. The molecule has 3 rings (SSSR count). The van der Waals surface area contributed by atoms with Crippen LogP contribution < -0.4 is 10.1 Å². The first-order valence-corrected chi connectivity index (χ1v) is 7.94. The number of nitrogens with one attached hydrogen (secondary N) is 1. The average molecular weight is 291 g/mol. The van der Waals surface area contributed by atoms with Gasteiger partial charge in [0.25, 0.3) is 0 Å². The van der Waals surface area contributed by atoms with Crippen molar-refractivity contribution in [2.24, 2.45) is 7.05 Å². The fraction of sp³-hybridized carbons (Fsp3) is 0.533. The minimum absolute atomic E-state index is 0.467. The number of fused-ring (bicyclic) bond motifs is 1. The van der Waals surface area contributed by atoms with Crippen molar-refractivity contribution < 1.29 is 4.74 Å². The largest absolute Gasteiger partial charge is 0.481 e. The van der Waals surface area contributed by atoms with Gasteiger partial charge in [-0.15, -0.1) is 11.3 Å². The highest BCUT2D eigenvalue weighted by Crippen LogP contribution is 2.33. The molecule has 1 aliphatic rings. The maximum Gasteiger partial charge on any atom is 0.216 e. The van der Waals surface area contributed by atoms with Crippen molar-refractivity contribution in [3.8, 4) is 5.88 Å². The summed E-state index contributed by atoms with van der Waals surface area (Å²) in [6.07, 6.45) is 3.72. The Morgan fingerprint density at radius 2 is 2.40 bits per heavy atom. The first kappa shape index (κ1) is 13.6. The molecule has 108 valence electrons. The van der Waals surface area contributed by atoms with E-state index in [2.05, 4.69) is 21.9 Å². The Balaban J connectivity index is 1.75. The van der Waals surface area contributed by atoms with Gasteiger partial charge in [0.15, 0.2) is 0 Å². The molecule has 0 aromatic carbocycles. The molecule has 0 fully saturated rings. The fourth-order valence-corrected chi connectivity index (χ4v) is 4.05. The zero-order valence-electron chi connectivity index (χ0n) is 12.3. The Bertz CT molecular complexity index is 602. The van der Waals surface area contributed by atoms with Crippen molar-refractivity contribution in [1.82, 2.24) is 15.1 Å². The van der Waals surface area contributed by atoms with E-state index >= 15 is 0 Å². The van der Waals surface area contributed by atoms with E-state index in [9.17, 15) is 0 Å². The summed E-state index contributed by atoms with van der Waals surface area (Å²) in [5, 5.41) is 10.3. The second kappa shape index (κ2) is 5.58. The second-order valence-electron chi connectivity index (χ2n) is 5.32. The molecule has 1 aliphatic carbocycles. The van der Waals surface area contributed by atoms with E-state index in [1.807, 2.05) is 30.0 Å². The van der Waals surface area contributed by atoms with Gasteiger partial charge in [-0.05, 0) is 43.2 Å². The zero-order chi connectivity index (χ0) is 14.1. The zero-order valence-corrected chi connectivity index (χ0v) is 13.1. The fourth-order valence-electron chi connectivity index (χ4n) is 3.06. The average Bonchev–Trinajstić information content (AvgIpc) is 3.01. The minimum Gasteiger partial charge on any atom is -0.481 e. The Labute approximate surface area is 123 Å². The standard InChI is InChI=1S/C15H21N3OS/c1-10-12(15(19-3)18(2)17-10)9-16-13-5-4-6-14-11(13)7-8-20-14/h7-8,13,16H,4-6,9H2,1-3H3. The summed E-state index contributed by atoms with van der Waals surface area (Å²) in [5.41, 5.74) is 3.69. The molecule has 1 N–H and O–H groups in total. The van der Waals surface area contributed by atoms with Crippen LogP contribution in [-0.4, -0.2) is 16.9 Å². The van der Waals surface area contributed by atoms with E-state index in [0.717, 1.165) is 23.7 Å². The van der Waals surface area contributed by atoms with Crippen LogP contribution in [-0.2, 0) is 20.0 Å². The lowest BCUT2D eigenvalue weighted by Gasteiger charge is -2.24. The monoisotopic (exact) mass is 291 g/mol. The lowest BCUT2D eigenvalue weighted by Crippen LogP contribution is -2.24. The first-order valence-electron chi connectivity index (χ1n) is 7.06. The van der Waals surface area contributed by atoms with Crippen LogP contribution in [0.5, 0.6) is 5.88 Å². The number of thiophene rings is 1. The predicted molar refractivity (Wildman–Crippen MR) is 81.3 cm³/mol. The molecule has 2 aromatic heterocycles. The van der Waals surface area contributed by atoms with Gasteiger partial charge >= 0.3 is 0 Å². The molecule has 1 unspecified atom stereocenters. The molecule has 0 spiro atoms. The molecule has 0 aliphatic heterocycles.